The lowest BCUT2D eigenvalue weighted by Crippen LogP contribution is -2.37. The Morgan fingerprint density at radius 3 is 2.52 bits per heavy atom. The Hall–Kier alpha value is -2.54. The third-order valence-electron chi connectivity index (χ3n) is 4.54. The second-order valence-electron chi connectivity index (χ2n) is 6.58. The monoisotopic (exact) mass is 388 g/mol. The molecule has 0 bridgehead atoms. The van der Waals surface area contributed by atoms with Crippen LogP contribution < -0.4 is 14.4 Å². The Labute approximate surface area is 160 Å². The number of rotatable bonds is 6. The van der Waals surface area contributed by atoms with Gasteiger partial charge in [-0.1, -0.05) is 31.2 Å². The predicted octanol–water partition coefficient (Wildman–Crippen LogP) is 2.98. The van der Waals surface area contributed by atoms with Crippen molar-refractivity contribution in [3.05, 3.63) is 53.6 Å². The van der Waals surface area contributed by atoms with Gasteiger partial charge in [-0.05, 0) is 36.1 Å². The quantitative estimate of drug-likeness (QED) is 0.825. The molecule has 7 heteroatoms. The first kappa shape index (κ1) is 19.2. The summed E-state index contributed by atoms with van der Waals surface area (Å²) >= 11 is 0. The van der Waals surface area contributed by atoms with E-state index in [0.29, 0.717) is 30.0 Å². The van der Waals surface area contributed by atoms with Crippen LogP contribution in [0.3, 0.4) is 0 Å². The van der Waals surface area contributed by atoms with Gasteiger partial charge in [-0.3, -0.25) is 9.10 Å². The van der Waals surface area contributed by atoms with Crippen LogP contribution in [0, 0.1) is 0 Å². The number of hydrogen-bond donors (Lipinski definition) is 1. The molecule has 1 aliphatic heterocycles. The smallest absolute Gasteiger partial charge is 0.232 e. The van der Waals surface area contributed by atoms with Crippen LogP contribution in [0.25, 0.3) is 0 Å². The van der Waals surface area contributed by atoms with E-state index in [4.69, 9.17) is 4.74 Å². The molecule has 144 valence electrons. The van der Waals surface area contributed by atoms with Gasteiger partial charge in [0.2, 0.25) is 15.9 Å². The van der Waals surface area contributed by atoms with Gasteiger partial charge in [0.1, 0.15) is 12.4 Å². The first-order valence-electron chi connectivity index (χ1n) is 8.99. The topological polar surface area (TPSA) is 75.7 Å². The fourth-order valence-electron chi connectivity index (χ4n) is 3.04. The lowest BCUT2D eigenvalue weighted by atomic mass is 10.1. The Morgan fingerprint density at radius 2 is 1.85 bits per heavy atom. The SMILES string of the molecule is CCc1ccc(CCC(=O)Nc2ccc3c(c2)OCCN3S(C)(=O)=O)cc1. The summed E-state index contributed by atoms with van der Waals surface area (Å²) in [5.41, 5.74) is 3.49. The van der Waals surface area contributed by atoms with Crippen molar-refractivity contribution in [2.24, 2.45) is 0 Å². The largest absolute Gasteiger partial charge is 0.489 e. The Kier molecular flexibility index (Phi) is 5.70. The minimum atomic E-state index is -3.35. The van der Waals surface area contributed by atoms with E-state index in [-0.39, 0.29) is 19.1 Å². The van der Waals surface area contributed by atoms with Crippen LogP contribution in [-0.2, 0) is 27.7 Å². The standard InChI is InChI=1S/C20H24N2O4S/c1-3-15-4-6-16(7-5-15)8-11-20(23)21-17-9-10-18-19(14-17)26-13-12-22(18)27(2,24)25/h4-7,9-10,14H,3,8,11-13H2,1-2H3,(H,21,23). The molecule has 1 heterocycles. The molecule has 0 aliphatic carbocycles. The van der Waals surface area contributed by atoms with Crippen LogP contribution in [-0.4, -0.2) is 33.7 Å². The molecule has 6 nitrogen and oxygen atoms in total. The predicted molar refractivity (Wildman–Crippen MR) is 107 cm³/mol. The highest BCUT2D eigenvalue weighted by Crippen LogP contribution is 2.35. The maximum atomic E-state index is 12.2. The normalized spacial score (nSPS) is 13.6. The Bertz CT molecular complexity index is 923. The zero-order valence-electron chi connectivity index (χ0n) is 15.6. The second-order valence-corrected chi connectivity index (χ2v) is 8.49. The Morgan fingerprint density at radius 1 is 1.15 bits per heavy atom. The average molecular weight is 388 g/mol. The molecule has 1 N–H and O–H groups in total. The van der Waals surface area contributed by atoms with Crippen molar-refractivity contribution in [2.75, 3.05) is 29.0 Å². The molecular weight excluding hydrogens is 364 g/mol. The van der Waals surface area contributed by atoms with Crippen molar-refractivity contribution < 1.29 is 17.9 Å². The molecule has 0 unspecified atom stereocenters. The molecule has 2 aromatic carbocycles. The minimum Gasteiger partial charge on any atom is -0.489 e. The van der Waals surface area contributed by atoms with Crippen molar-refractivity contribution in [2.45, 2.75) is 26.2 Å². The van der Waals surface area contributed by atoms with Crippen LogP contribution in [0.4, 0.5) is 11.4 Å². The molecule has 0 radical (unpaired) electrons. The molecule has 1 aliphatic rings. The summed E-state index contributed by atoms with van der Waals surface area (Å²) in [6, 6.07) is 13.3. The summed E-state index contributed by atoms with van der Waals surface area (Å²) in [6.07, 6.45) is 3.21. The van der Waals surface area contributed by atoms with Gasteiger partial charge in [-0.25, -0.2) is 8.42 Å². The van der Waals surface area contributed by atoms with Crippen LogP contribution in [0.2, 0.25) is 0 Å². The zero-order chi connectivity index (χ0) is 19.4. The van der Waals surface area contributed by atoms with E-state index in [1.165, 1.54) is 16.1 Å². The molecule has 2 aromatic rings. The lowest BCUT2D eigenvalue weighted by molar-refractivity contribution is -0.116. The number of ether oxygens (including phenoxy) is 1. The van der Waals surface area contributed by atoms with Crippen LogP contribution in [0.5, 0.6) is 5.75 Å². The molecule has 0 aromatic heterocycles. The van der Waals surface area contributed by atoms with Crippen molar-refractivity contribution in [1.29, 1.82) is 0 Å². The summed E-state index contributed by atoms with van der Waals surface area (Å²) in [5.74, 6) is 0.366. The summed E-state index contributed by atoms with van der Waals surface area (Å²) in [6.45, 7) is 2.68. The number of carbonyl (C=O) groups is 1. The first-order chi connectivity index (χ1) is 12.9. The molecule has 0 saturated heterocycles. The Balaban J connectivity index is 1.63. The second kappa shape index (κ2) is 8.00. The fraction of sp³-hybridized carbons (Fsp3) is 0.350. The molecule has 0 atom stereocenters. The van der Waals surface area contributed by atoms with E-state index in [9.17, 15) is 13.2 Å². The summed E-state index contributed by atoms with van der Waals surface area (Å²) in [5, 5.41) is 2.85. The van der Waals surface area contributed by atoms with Crippen molar-refractivity contribution in [3.63, 3.8) is 0 Å². The van der Waals surface area contributed by atoms with Crippen molar-refractivity contribution >= 4 is 27.3 Å². The number of nitrogens with one attached hydrogen (secondary N) is 1. The first-order valence-corrected chi connectivity index (χ1v) is 10.8. The number of aryl methyl sites for hydroxylation is 2. The average Bonchev–Trinajstić information content (AvgIpc) is 2.65. The van der Waals surface area contributed by atoms with Gasteiger partial charge in [-0.15, -0.1) is 0 Å². The number of amides is 1. The molecular formula is C20H24N2O4S. The molecule has 3 rings (SSSR count). The number of carbonyl (C=O) groups excluding carboxylic acids is 1. The maximum absolute atomic E-state index is 12.2. The lowest BCUT2D eigenvalue weighted by Gasteiger charge is -2.29. The van der Waals surface area contributed by atoms with Crippen LogP contribution in [0.15, 0.2) is 42.5 Å². The maximum Gasteiger partial charge on any atom is 0.232 e. The highest BCUT2D eigenvalue weighted by Gasteiger charge is 2.25. The van der Waals surface area contributed by atoms with E-state index in [1.807, 2.05) is 0 Å². The molecule has 0 fully saturated rings. The summed E-state index contributed by atoms with van der Waals surface area (Å²) in [7, 11) is -3.35. The highest BCUT2D eigenvalue weighted by molar-refractivity contribution is 7.92. The van der Waals surface area contributed by atoms with Gasteiger partial charge >= 0.3 is 0 Å². The zero-order valence-corrected chi connectivity index (χ0v) is 16.4. The fourth-order valence-corrected chi connectivity index (χ4v) is 3.95. The van der Waals surface area contributed by atoms with Crippen molar-refractivity contribution in [1.82, 2.24) is 0 Å². The molecule has 27 heavy (non-hydrogen) atoms. The molecule has 0 saturated carbocycles. The highest BCUT2D eigenvalue weighted by atomic mass is 32.2. The van der Waals surface area contributed by atoms with Gasteiger partial charge in [0, 0.05) is 18.2 Å². The number of sulfonamides is 1. The van der Waals surface area contributed by atoms with Gasteiger partial charge in [-0.2, -0.15) is 0 Å². The van der Waals surface area contributed by atoms with E-state index < -0.39 is 10.0 Å². The van der Waals surface area contributed by atoms with Gasteiger partial charge in [0.15, 0.2) is 0 Å². The number of hydrogen-bond acceptors (Lipinski definition) is 4. The van der Waals surface area contributed by atoms with E-state index in [2.05, 4.69) is 36.5 Å². The third kappa shape index (κ3) is 4.80. The van der Waals surface area contributed by atoms with E-state index in [1.54, 1.807) is 18.2 Å². The summed E-state index contributed by atoms with van der Waals surface area (Å²) < 4.78 is 30.6. The number of anilines is 2. The minimum absolute atomic E-state index is 0.0923. The van der Waals surface area contributed by atoms with Gasteiger partial charge in [0.25, 0.3) is 0 Å². The number of fused-ring (bicyclic) bond motifs is 1. The van der Waals surface area contributed by atoms with Gasteiger partial charge in [0.05, 0.1) is 18.5 Å². The molecule has 0 spiro atoms. The van der Waals surface area contributed by atoms with E-state index >= 15 is 0 Å². The summed E-state index contributed by atoms with van der Waals surface area (Å²) in [4.78, 5) is 12.2. The van der Waals surface area contributed by atoms with Crippen LogP contribution in [0.1, 0.15) is 24.5 Å². The van der Waals surface area contributed by atoms with E-state index in [0.717, 1.165) is 12.0 Å². The molecule has 1 amide bonds. The number of nitrogens with zero attached hydrogens (tertiary/aromatic N) is 1. The number of benzene rings is 2. The van der Waals surface area contributed by atoms with Crippen LogP contribution >= 0.6 is 0 Å². The third-order valence-corrected chi connectivity index (χ3v) is 5.72. The van der Waals surface area contributed by atoms with Crippen molar-refractivity contribution in [3.8, 4) is 5.75 Å². The van der Waals surface area contributed by atoms with Gasteiger partial charge < -0.3 is 10.1 Å².